The smallest absolute Gasteiger partial charge is 0.0522 e. The summed E-state index contributed by atoms with van der Waals surface area (Å²) in [6.45, 7) is 2.29. The maximum Gasteiger partial charge on any atom is 0.0522 e. The van der Waals surface area contributed by atoms with Crippen LogP contribution in [0, 0.1) is 0 Å². The maximum atomic E-state index is 6.32. The third kappa shape index (κ3) is 1.18. The molecule has 0 aromatic carbocycles. The standard InChI is InChI=1S/C11H18N4/c1-15-4-2-11(3-5-15)9(12)6-8-7-13-14-10(8)11/h7,9H,2-6,12H2,1H3,(H,13,14). The number of nitrogens with zero attached hydrogens (tertiary/aromatic N) is 2. The molecule has 2 heterocycles. The minimum Gasteiger partial charge on any atom is -0.327 e. The van der Waals surface area contributed by atoms with Gasteiger partial charge < -0.3 is 10.6 Å². The van der Waals surface area contributed by atoms with Gasteiger partial charge in [-0.25, -0.2) is 0 Å². The molecule has 1 spiro atoms. The highest BCUT2D eigenvalue weighted by Crippen LogP contribution is 2.44. The van der Waals surface area contributed by atoms with Crippen molar-refractivity contribution in [2.75, 3.05) is 20.1 Å². The summed E-state index contributed by atoms with van der Waals surface area (Å²) < 4.78 is 0. The average Bonchev–Trinajstić information content (AvgIpc) is 2.75. The average molecular weight is 206 g/mol. The summed E-state index contributed by atoms with van der Waals surface area (Å²) in [6.07, 6.45) is 5.28. The Kier molecular flexibility index (Phi) is 1.91. The van der Waals surface area contributed by atoms with Gasteiger partial charge >= 0.3 is 0 Å². The number of nitrogens with two attached hydrogens (primary N) is 1. The Hall–Kier alpha value is -0.870. The Morgan fingerprint density at radius 3 is 3.00 bits per heavy atom. The van der Waals surface area contributed by atoms with E-state index in [1.807, 2.05) is 6.20 Å². The third-order valence-corrected chi connectivity index (χ3v) is 4.24. The third-order valence-electron chi connectivity index (χ3n) is 4.24. The van der Waals surface area contributed by atoms with Crippen molar-refractivity contribution in [1.29, 1.82) is 0 Å². The number of H-pyrrole nitrogens is 1. The van der Waals surface area contributed by atoms with E-state index >= 15 is 0 Å². The molecule has 0 radical (unpaired) electrons. The van der Waals surface area contributed by atoms with Crippen molar-refractivity contribution in [3.63, 3.8) is 0 Å². The fourth-order valence-electron chi connectivity index (χ4n) is 3.15. The molecule has 3 N–H and O–H groups in total. The number of aromatic nitrogens is 2. The number of rotatable bonds is 0. The number of nitrogens with one attached hydrogen (secondary N) is 1. The predicted molar refractivity (Wildman–Crippen MR) is 58.7 cm³/mol. The number of hydrogen-bond donors (Lipinski definition) is 2. The first-order valence-electron chi connectivity index (χ1n) is 5.69. The van der Waals surface area contributed by atoms with Crippen molar-refractivity contribution < 1.29 is 0 Å². The first-order valence-corrected chi connectivity index (χ1v) is 5.69. The van der Waals surface area contributed by atoms with E-state index in [4.69, 9.17) is 5.73 Å². The second-order valence-corrected chi connectivity index (χ2v) is 5.04. The summed E-state index contributed by atoms with van der Waals surface area (Å²) in [5.41, 5.74) is 9.17. The summed E-state index contributed by atoms with van der Waals surface area (Å²) in [5, 5.41) is 7.33. The molecule has 1 aromatic rings. The van der Waals surface area contributed by atoms with Gasteiger partial charge in [-0.05, 0) is 45.0 Å². The van der Waals surface area contributed by atoms with E-state index in [0.29, 0.717) is 0 Å². The lowest BCUT2D eigenvalue weighted by Gasteiger charge is -2.40. The van der Waals surface area contributed by atoms with Crippen LogP contribution in [0.25, 0.3) is 0 Å². The molecule has 4 heteroatoms. The van der Waals surface area contributed by atoms with Crippen LogP contribution in [0.2, 0.25) is 0 Å². The minimum atomic E-state index is 0.193. The zero-order valence-electron chi connectivity index (χ0n) is 9.16. The highest BCUT2D eigenvalue weighted by Gasteiger charge is 2.47. The molecular formula is C11H18N4. The van der Waals surface area contributed by atoms with Crippen LogP contribution in [-0.2, 0) is 11.8 Å². The molecule has 0 saturated carbocycles. The number of fused-ring (bicyclic) bond motifs is 2. The first kappa shape index (κ1) is 9.36. The molecule has 82 valence electrons. The van der Waals surface area contributed by atoms with Gasteiger partial charge in [-0.3, -0.25) is 5.10 Å². The molecule has 0 bridgehead atoms. The van der Waals surface area contributed by atoms with Gasteiger partial charge in [0.2, 0.25) is 0 Å². The second-order valence-electron chi connectivity index (χ2n) is 5.04. The van der Waals surface area contributed by atoms with Gasteiger partial charge in [0, 0.05) is 17.2 Å². The zero-order valence-corrected chi connectivity index (χ0v) is 9.16. The van der Waals surface area contributed by atoms with Gasteiger partial charge in [-0.15, -0.1) is 0 Å². The minimum absolute atomic E-state index is 0.193. The van der Waals surface area contributed by atoms with E-state index in [0.717, 1.165) is 19.5 Å². The lowest BCUT2D eigenvalue weighted by atomic mass is 9.73. The van der Waals surface area contributed by atoms with Gasteiger partial charge in [0.1, 0.15) is 0 Å². The van der Waals surface area contributed by atoms with E-state index in [2.05, 4.69) is 22.1 Å². The van der Waals surface area contributed by atoms with Crippen LogP contribution in [0.5, 0.6) is 0 Å². The summed E-state index contributed by atoms with van der Waals surface area (Å²) >= 11 is 0. The lowest BCUT2D eigenvalue weighted by Crippen LogP contribution is -2.50. The Bertz CT molecular complexity index is 362. The number of hydrogen-bond acceptors (Lipinski definition) is 3. The van der Waals surface area contributed by atoms with Gasteiger partial charge in [-0.2, -0.15) is 5.10 Å². The molecule has 1 aliphatic carbocycles. The topological polar surface area (TPSA) is 57.9 Å². The van der Waals surface area contributed by atoms with Crippen molar-refractivity contribution >= 4 is 0 Å². The van der Waals surface area contributed by atoms with Crippen LogP contribution < -0.4 is 5.73 Å². The number of piperidine rings is 1. The van der Waals surface area contributed by atoms with Crippen molar-refractivity contribution in [2.45, 2.75) is 30.7 Å². The van der Waals surface area contributed by atoms with E-state index in [1.165, 1.54) is 24.1 Å². The first-order chi connectivity index (χ1) is 7.22. The van der Waals surface area contributed by atoms with Gasteiger partial charge in [0.15, 0.2) is 0 Å². The number of aromatic amines is 1. The normalized spacial score (nSPS) is 29.6. The number of likely N-dealkylation sites (tertiary alicyclic amines) is 1. The highest BCUT2D eigenvalue weighted by atomic mass is 15.1. The van der Waals surface area contributed by atoms with Crippen LogP contribution in [0.3, 0.4) is 0 Å². The molecule has 2 aliphatic rings. The Labute approximate surface area is 89.8 Å². The fourth-order valence-corrected chi connectivity index (χ4v) is 3.15. The second kappa shape index (κ2) is 3.06. The van der Waals surface area contributed by atoms with Crippen molar-refractivity contribution in [1.82, 2.24) is 15.1 Å². The molecule has 1 atom stereocenters. The quantitative estimate of drug-likeness (QED) is 0.640. The van der Waals surface area contributed by atoms with E-state index in [-0.39, 0.29) is 11.5 Å². The molecular weight excluding hydrogens is 188 g/mol. The van der Waals surface area contributed by atoms with Gasteiger partial charge in [0.25, 0.3) is 0 Å². The molecule has 15 heavy (non-hydrogen) atoms. The van der Waals surface area contributed by atoms with Crippen LogP contribution >= 0.6 is 0 Å². The molecule has 1 fully saturated rings. The van der Waals surface area contributed by atoms with Crippen molar-refractivity contribution in [3.05, 3.63) is 17.5 Å². The molecule has 4 nitrogen and oxygen atoms in total. The summed E-state index contributed by atoms with van der Waals surface area (Å²) in [4.78, 5) is 2.38. The molecule has 1 unspecified atom stereocenters. The fraction of sp³-hybridized carbons (Fsp3) is 0.727. The van der Waals surface area contributed by atoms with Crippen LogP contribution in [0.1, 0.15) is 24.1 Å². The summed E-state index contributed by atoms with van der Waals surface area (Å²) in [7, 11) is 2.18. The summed E-state index contributed by atoms with van der Waals surface area (Å²) in [5.74, 6) is 0. The Morgan fingerprint density at radius 2 is 2.27 bits per heavy atom. The van der Waals surface area contributed by atoms with Crippen LogP contribution in [-0.4, -0.2) is 41.3 Å². The molecule has 1 saturated heterocycles. The van der Waals surface area contributed by atoms with Crippen LogP contribution in [0.15, 0.2) is 6.20 Å². The predicted octanol–water partition coefficient (Wildman–Crippen LogP) is 0.256. The van der Waals surface area contributed by atoms with Gasteiger partial charge in [-0.1, -0.05) is 0 Å². The van der Waals surface area contributed by atoms with E-state index in [9.17, 15) is 0 Å². The SMILES string of the molecule is CN1CCC2(CC1)c1[nH]ncc1CC2N. The van der Waals surface area contributed by atoms with Gasteiger partial charge in [0.05, 0.1) is 6.20 Å². The maximum absolute atomic E-state index is 6.32. The van der Waals surface area contributed by atoms with E-state index < -0.39 is 0 Å². The lowest BCUT2D eigenvalue weighted by molar-refractivity contribution is 0.168. The molecule has 0 amide bonds. The largest absolute Gasteiger partial charge is 0.327 e. The van der Waals surface area contributed by atoms with E-state index in [1.54, 1.807) is 0 Å². The molecule has 3 rings (SSSR count). The molecule has 1 aromatic heterocycles. The molecule has 1 aliphatic heterocycles. The van der Waals surface area contributed by atoms with Crippen LogP contribution in [0.4, 0.5) is 0 Å². The summed E-state index contributed by atoms with van der Waals surface area (Å²) in [6, 6.07) is 0.287. The zero-order chi connectivity index (χ0) is 10.5. The van der Waals surface area contributed by atoms with Crippen molar-refractivity contribution in [3.8, 4) is 0 Å². The Morgan fingerprint density at radius 1 is 1.53 bits per heavy atom. The monoisotopic (exact) mass is 206 g/mol. The highest BCUT2D eigenvalue weighted by molar-refractivity contribution is 5.36. The Balaban J connectivity index is 1.97. The van der Waals surface area contributed by atoms with Crippen molar-refractivity contribution in [2.24, 2.45) is 5.73 Å².